The molecule has 176 valence electrons. The van der Waals surface area contributed by atoms with E-state index in [0.717, 1.165) is 24.2 Å². The molecule has 1 N–H and O–H groups in total. The zero-order valence-corrected chi connectivity index (χ0v) is 18.9. The van der Waals surface area contributed by atoms with Crippen LogP contribution in [0.3, 0.4) is 0 Å². The van der Waals surface area contributed by atoms with Crippen molar-refractivity contribution < 1.29 is 14.5 Å². The highest BCUT2D eigenvalue weighted by Crippen LogP contribution is 2.24. The minimum absolute atomic E-state index is 0.174. The molecule has 0 atom stereocenters. The lowest BCUT2D eigenvalue weighted by Crippen LogP contribution is -2.31. The predicted octanol–water partition coefficient (Wildman–Crippen LogP) is 4.09. The fourth-order valence-corrected chi connectivity index (χ4v) is 4.07. The summed E-state index contributed by atoms with van der Waals surface area (Å²) < 4.78 is 7.27. The van der Waals surface area contributed by atoms with E-state index in [1.807, 2.05) is 24.3 Å². The van der Waals surface area contributed by atoms with Crippen LogP contribution in [0.5, 0.6) is 5.75 Å². The molecule has 0 radical (unpaired) electrons. The number of benzene rings is 2. The average Bonchev–Trinajstić information content (AvgIpc) is 2.84. The summed E-state index contributed by atoms with van der Waals surface area (Å²) in [5.41, 5.74) is 0.332. The van der Waals surface area contributed by atoms with Gasteiger partial charge in [-0.1, -0.05) is 30.7 Å². The van der Waals surface area contributed by atoms with Crippen molar-refractivity contribution in [1.82, 2.24) is 15.1 Å². The van der Waals surface area contributed by atoms with Crippen molar-refractivity contribution in [2.24, 2.45) is 0 Å². The van der Waals surface area contributed by atoms with Gasteiger partial charge in [0.25, 0.3) is 11.6 Å². The molecule has 1 fully saturated rings. The SMILES string of the molecule is Cc1cc(=O)c(C(=O)NCc2ccc(OC3CCCCC3)cc2)nn1-c1ccccc1[N+](=O)[O-]. The Morgan fingerprint density at radius 3 is 2.56 bits per heavy atom. The van der Waals surface area contributed by atoms with Crippen LogP contribution in [0, 0.1) is 17.0 Å². The topological polar surface area (TPSA) is 116 Å². The molecule has 1 aromatic heterocycles. The number of nitrogens with one attached hydrogen (secondary N) is 1. The van der Waals surface area contributed by atoms with Crippen molar-refractivity contribution >= 4 is 11.6 Å². The van der Waals surface area contributed by atoms with Gasteiger partial charge in [-0.25, -0.2) is 4.68 Å². The largest absolute Gasteiger partial charge is 0.490 e. The molecule has 0 spiro atoms. The van der Waals surface area contributed by atoms with E-state index >= 15 is 0 Å². The number of carbonyl (C=O) groups excluding carboxylic acids is 1. The Labute approximate surface area is 196 Å². The number of carbonyl (C=O) groups is 1. The molecule has 0 aliphatic heterocycles. The molecule has 4 rings (SSSR count). The van der Waals surface area contributed by atoms with Crippen molar-refractivity contribution in [1.29, 1.82) is 0 Å². The maximum atomic E-state index is 12.7. The molecule has 0 bridgehead atoms. The summed E-state index contributed by atoms with van der Waals surface area (Å²) in [6, 6.07) is 14.8. The van der Waals surface area contributed by atoms with Crippen LogP contribution >= 0.6 is 0 Å². The molecule has 1 aliphatic carbocycles. The Morgan fingerprint density at radius 2 is 1.85 bits per heavy atom. The van der Waals surface area contributed by atoms with E-state index in [2.05, 4.69) is 10.4 Å². The highest BCUT2D eigenvalue weighted by molar-refractivity contribution is 5.92. The highest BCUT2D eigenvalue weighted by Gasteiger charge is 2.20. The molecule has 9 nitrogen and oxygen atoms in total. The van der Waals surface area contributed by atoms with E-state index < -0.39 is 16.3 Å². The van der Waals surface area contributed by atoms with Gasteiger partial charge in [0.15, 0.2) is 5.69 Å². The van der Waals surface area contributed by atoms with Gasteiger partial charge in [0.05, 0.1) is 11.0 Å². The number of nitro groups is 1. The van der Waals surface area contributed by atoms with Crippen molar-refractivity contribution in [3.63, 3.8) is 0 Å². The average molecular weight is 463 g/mol. The van der Waals surface area contributed by atoms with Crippen LogP contribution < -0.4 is 15.5 Å². The van der Waals surface area contributed by atoms with Gasteiger partial charge in [0.2, 0.25) is 5.43 Å². The lowest BCUT2D eigenvalue weighted by molar-refractivity contribution is -0.384. The zero-order chi connectivity index (χ0) is 24.1. The lowest BCUT2D eigenvalue weighted by atomic mass is 9.98. The summed E-state index contributed by atoms with van der Waals surface area (Å²) in [5.74, 6) is 0.148. The molecule has 3 aromatic rings. The van der Waals surface area contributed by atoms with Crippen LogP contribution in [-0.2, 0) is 6.54 Å². The number of hydrogen-bond donors (Lipinski definition) is 1. The van der Waals surface area contributed by atoms with Gasteiger partial charge in [-0.05, 0) is 56.4 Å². The van der Waals surface area contributed by atoms with Crippen LogP contribution in [0.15, 0.2) is 59.4 Å². The van der Waals surface area contributed by atoms with Gasteiger partial charge in [-0.3, -0.25) is 19.7 Å². The summed E-state index contributed by atoms with van der Waals surface area (Å²) in [7, 11) is 0. The fraction of sp³-hybridized carbons (Fsp3) is 0.320. The number of amides is 1. The van der Waals surface area contributed by atoms with E-state index in [1.54, 1.807) is 19.1 Å². The second-order valence-corrected chi connectivity index (χ2v) is 8.36. The van der Waals surface area contributed by atoms with Crippen LogP contribution in [0.4, 0.5) is 5.69 Å². The summed E-state index contributed by atoms with van der Waals surface area (Å²) in [5, 5.41) is 18.2. The third-order valence-electron chi connectivity index (χ3n) is 5.86. The maximum absolute atomic E-state index is 12.7. The van der Waals surface area contributed by atoms with Crippen LogP contribution in [0.2, 0.25) is 0 Å². The standard InChI is InChI=1S/C25H26N4O5/c1-17-15-23(30)24(27-28(17)21-9-5-6-10-22(21)29(32)33)25(31)26-16-18-11-13-20(14-12-18)34-19-7-3-2-4-8-19/h5-6,9-15,19H,2-4,7-8,16H2,1H3,(H,26,31). The highest BCUT2D eigenvalue weighted by atomic mass is 16.6. The van der Waals surface area contributed by atoms with Gasteiger partial charge < -0.3 is 10.1 Å². The van der Waals surface area contributed by atoms with E-state index in [4.69, 9.17) is 4.74 Å². The van der Waals surface area contributed by atoms with Crippen molar-refractivity contribution in [3.05, 3.63) is 91.9 Å². The van der Waals surface area contributed by atoms with E-state index in [9.17, 15) is 19.7 Å². The van der Waals surface area contributed by atoms with Crippen molar-refractivity contribution in [2.45, 2.75) is 51.7 Å². The molecular weight excluding hydrogens is 436 g/mol. The number of ether oxygens (including phenoxy) is 1. The minimum Gasteiger partial charge on any atom is -0.490 e. The number of rotatable bonds is 7. The number of aromatic nitrogens is 2. The number of aryl methyl sites for hydroxylation is 1. The first-order chi connectivity index (χ1) is 16.4. The van der Waals surface area contributed by atoms with Crippen molar-refractivity contribution in [3.8, 4) is 11.4 Å². The number of nitrogens with zero attached hydrogens (tertiary/aromatic N) is 3. The molecule has 1 heterocycles. The number of hydrogen-bond acceptors (Lipinski definition) is 6. The van der Waals surface area contributed by atoms with Crippen molar-refractivity contribution in [2.75, 3.05) is 0 Å². The summed E-state index contributed by atoms with van der Waals surface area (Å²) in [6.07, 6.45) is 6.06. The zero-order valence-electron chi connectivity index (χ0n) is 18.9. The van der Waals surface area contributed by atoms with Crippen LogP contribution in [0.25, 0.3) is 5.69 Å². The quantitative estimate of drug-likeness (QED) is 0.418. The summed E-state index contributed by atoms with van der Waals surface area (Å²) >= 11 is 0. The summed E-state index contributed by atoms with van der Waals surface area (Å²) in [6.45, 7) is 1.80. The molecule has 34 heavy (non-hydrogen) atoms. The Kier molecular flexibility index (Phi) is 7.01. The van der Waals surface area contributed by atoms with Crippen LogP contribution in [-0.4, -0.2) is 26.7 Å². The number of nitro benzene ring substituents is 1. The summed E-state index contributed by atoms with van der Waals surface area (Å²) in [4.78, 5) is 36.0. The van der Waals surface area contributed by atoms with Gasteiger partial charge in [-0.2, -0.15) is 5.10 Å². The normalized spacial score (nSPS) is 13.9. The Balaban J connectivity index is 1.47. The number of para-hydroxylation sites is 2. The first kappa shape index (κ1) is 23.2. The first-order valence-electron chi connectivity index (χ1n) is 11.3. The molecule has 0 unspecified atom stereocenters. The molecular formula is C25H26N4O5. The maximum Gasteiger partial charge on any atom is 0.294 e. The van der Waals surface area contributed by atoms with Gasteiger partial charge in [0.1, 0.15) is 11.4 Å². The smallest absolute Gasteiger partial charge is 0.294 e. The third kappa shape index (κ3) is 5.31. The van der Waals surface area contributed by atoms with Crippen LogP contribution in [0.1, 0.15) is 53.8 Å². The second-order valence-electron chi connectivity index (χ2n) is 8.36. The Hall–Kier alpha value is -4.01. The molecule has 0 saturated heterocycles. The first-order valence-corrected chi connectivity index (χ1v) is 11.3. The lowest BCUT2D eigenvalue weighted by Gasteiger charge is -2.23. The molecule has 1 saturated carbocycles. The molecule has 1 amide bonds. The molecule has 2 aromatic carbocycles. The van der Waals surface area contributed by atoms with E-state index in [-0.39, 0.29) is 29.7 Å². The minimum atomic E-state index is -0.653. The Morgan fingerprint density at radius 1 is 1.15 bits per heavy atom. The van der Waals surface area contributed by atoms with Gasteiger partial charge in [-0.15, -0.1) is 0 Å². The Bertz CT molecular complexity index is 1250. The third-order valence-corrected chi connectivity index (χ3v) is 5.86. The van der Waals surface area contributed by atoms with Gasteiger partial charge in [0, 0.05) is 24.4 Å². The molecule has 1 aliphatic rings. The second kappa shape index (κ2) is 10.3. The van der Waals surface area contributed by atoms with E-state index in [0.29, 0.717) is 5.69 Å². The molecule has 9 heteroatoms. The predicted molar refractivity (Wildman–Crippen MR) is 126 cm³/mol. The fourth-order valence-electron chi connectivity index (χ4n) is 4.07. The monoisotopic (exact) mass is 462 g/mol. The van der Waals surface area contributed by atoms with Gasteiger partial charge >= 0.3 is 0 Å². The van der Waals surface area contributed by atoms with E-state index in [1.165, 1.54) is 42.1 Å².